The van der Waals surface area contributed by atoms with Crippen LogP contribution in [-0.4, -0.2) is 26.3 Å². The average molecular weight is 249 g/mol. The van der Waals surface area contributed by atoms with Gasteiger partial charge in [0.15, 0.2) is 5.76 Å². The molecule has 5 heteroatoms. The van der Waals surface area contributed by atoms with Crippen LogP contribution in [0.5, 0.6) is 0 Å². The van der Waals surface area contributed by atoms with E-state index in [1.54, 1.807) is 6.07 Å². The second kappa shape index (κ2) is 4.55. The summed E-state index contributed by atoms with van der Waals surface area (Å²) in [5, 5.41) is 0. The lowest BCUT2D eigenvalue weighted by Crippen LogP contribution is -2.24. The van der Waals surface area contributed by atoms with Crippen molar-refractivity contribution in [1.82, 2.24) is 0 Å². The van der Waals surface area contributed by atoms with Gasteiger partial charge in [0.05, 0.1) is 10.7 Å². The van der Waals surface area contributed by atoms with Crippen molar-refractivity contribution < 1.29 is 18.7 Å². The van der Waals surface area contributed by atoms with Crippen molar-refractivity contribution in [2.45, 2.75) is 6.29 Å². The minimum Gasteiger partial charge on any atom is -0.460 e. The van der Waals surface area contributed by atoms with Crippen LogP contribution in [0, 0.1) is 0 Å². The maximum absolute atomic E-state index is 11.5. The van der Waals surface area contributed by atoms with Crippen molar-refractivity contribution in [3.05, 3.63) is 22.6 Å². The summed E-state index contributed by atoms with van der Waals surface area (Å²) in [6.07, 6.45) is 0.502. The van der Waals surface area contributed by atoms with Gasteiger partial charge in [0.2, 0.25) is 6.29 Å². The molecule has 0 unspecified atom stereocenters. The first kappa shape index (κ1) is 10.4. The van der Waals surface area contributed by atoms with Gasteiger partial charge in [-0.3, -0.25) is 4.79 Å². The number of carbonyl (C=O) groups is 1. The third-order valence-electron chi connectivity index (χ3n) is 1.48. The Hall–Kier alpha value is -0.650. The molecule has 13 heavy (non-hydrogen) atoms. The normalized spacial score (nSPS) is 10.8. The Kier molecular flexibility index (Phi) is 3.65. The maximum atomic E-state index is 11.5. The van der Waals surface area contributed by atoms with Gasteiger partial charge in [-0.15, -0.1) is 0 Å². The third-order valence-corrected chi connectivity index (χ3v) is 2.11. The summed E-state index contributed by atoms with van der Waals surface area (Å²) in [5.74, 6) is -0.143. The summed E-state index contributed by atoms with van der Waals surface area (Å²) in [7, 11) is 2.78. The third kappa shape index (κ3) is 2.18. The van der Waals surface area contributed by atoms with Crippen LogP contribution < -0.4 is 0 Å². The molecule has 1 rings (SSSR count). The van der Waals surface area contributed by atoms with Gasteiger partial charge in [-0.05, 0) is 22.0 Å². The molecular weight excluding hydrogens is 240 g/mol. The highest BCUT2D eigenvalue weighted by Crippen LogP contribution is 2.19. The zero-order chi connectivity index (χ0) is 9.84. The zero-order valence-electron chi connectivity index (χ0n) is 7.24. The molecular formula is C8H9BrO4. The van der Waals surface area contributed by atoms with Crippen LogP contribution in [0.15, 0.2) is 21.2 Å². The van der Waals surface area contributed by atoms with Gasteiger partial charge in [0.1, 0.15) is 0 Å². The van der Waals surface area contributed by atoms with Gasteiger partial charge in [-0.2, -0.15) is 0 Å². The summed E-state index contributed by atoms with van der Waals surface area (Å²) >= 11 is 3.17. The molecule has 0 saturated carbocycles. The molecule has 0 aliphatic carbocycles. The van der Waals surface area contributed by atoms with E-state index in [-0.39, 0.29) is 11.5 Å². The Morgan fingerprint density at radius 1 is 1.54 bits per heavy atom. The van der Waals surface area contributed by atoms with Gasteiger partial charge in [-0.25, -0.2) is 0 Å². The molecule has 0 aromatic carbocycles. The van der Waals surface area contributed by atoms with Crippen molar-refractivity contribution >= 4 is 21.7 Å². The Balaban J connectivity index is 2.84. The average Bonchev–Trinajstić information content (AvgIpc) is 2.53. The predicted octanol–water partition coefficient (Wildman–Crippen LogP) is 1.84. The number of methoxy groups -OCH3 is 2. The van der Waals surface area contributed by atoms with E-state index in [1.165, 1.54) is 20.5 Å². The van der Waals surface area contributed by atoms with Crippen molar-refractivity contribution in [3.63, 3.8) is 0 Å². The fourth-order valence-electron chi connectivity index (χ4n) is 0.887. The fourth-order valence-corrected chi connectivity index (χ4v) is 1.28. The Labute approximate surface area is 83.9 Å². The van der Waals surface area contributed by atoms with Crippen molar-refractivity contribution in [1.29, 1.82) is 0 Å². The van der Waals surface area contributed by atoms with Crippen molar-refractivity contribution in [3.8, 4) is 0 Å². The van der Waals surface area contributed by atoms with Crippen LogP contribution in [0.3, 0.4) is 0 Å². The molecule has 0 radical (unpaired) electrons. The minimum absolute atomic E-state index is 0.203. The van der Waals surface area contributed by atoms with Gasteiger partial charge >= 0.3 is 0 Å². The molecule has 0 aliphatic heterocycles. The standard InChI is InChI=1S/C8H9BrO4/c1-11-8(12-2)6(10)7-5(9)3-4-13-7/h3-4,8H,1-2H3. The van der Waals surface area contributed by atoms with E-state index in [9.17, 15) is 4.79 Å². The van der Waals surface area contributed by atoms with E-state index in [2.05, 4.69) is 15.9 Å². The van der Waals surface area contributed by atoms with E-state index in [4.69, 9.17) is 13.9 Å². The summed E-state index contributed by atoms with van der Waals surface area (Å²) in [6, 6.07) is 1.63. The van der Waals surface area contributed by atoms with Crippen molar-refractivity contribution in [2.75, 3.05) is 14.2 Å². The molecule has 0 saturated heterocycles. The molecule has 0 fully saturated rings. The second-order valence-corrected chi connectivity index (χ2v) is 3.12. The molecule has 72 valence electrons. The number of carbonyl (C=O) groups excluding carboxylic acids is 1. The minimum atomic E-state index is -0.914. The second-order valence-electron chi connectivity index (χ2n) is 2.27. The van der Waals surface area contributed by atoms with Crippen LogP contribution >= 0.6 is 15.9 Å². The van der Waals surface area contributed by atoms with Crippen LogP contribution in [0.1, 0.15) is 10.6 Å². The fraction of sp³-hybridized carbons (Fsp3) is 0.375. The van der Waals surface area contributed by atoms with Gasteiger partial charge in [0, 0.05) is 14.2 Å². The molecule has 4 nitrogen and oxygen atoms in total. The van der Waals surface area contributed by atoms with Crippen LogP contribution in [0.4, 0.5) is 0 Å². The number of hydrogen-bond donors (Lipinski definition) is 0. The summed E-state index contributed by atoms with van der Waals surface area (Å²) in [6.45, 7) is 0. The van der Waals surface area contributed by atoms with Gasteiger partial charge in [-0.1, -0.05) is 0 Å². The van der Waals surface area contributed by atoms with E-state index >= 15 is 0 Å². The lowest BCUT2D eigenvalue weighted by Gasteiger charge is -2.09. The van der Waals surface area contributed by atoms with Gasteiger partial charge < -0.3 is 13.9 Å². The molecule has 0 bridgehead atoms. The zero-order valence-corrected chi connectivity index (χ0v) is 8.83. The first-order valence-corrected chi connectivity index (χ1v) is 4.32. The highest BCUT2D eigenvalue weighted by atomic mass is 79.9. The number of Topliss-reactive ketones (excluding diaryl/α,β-unsaturated/α-hetero) is 1. The molecule has 1 aromatic rings. The largest absolute Gasteiger partial charge is 0.460 e. The van der Waals surface area contributed by atoms with E-state index in [0.717, 1.165) is 0 Å². The number of hydrogen-bond acceptors (Lipinski definition) is 4. The van der Waals surface area contributed by atoms with E-state index in [1.807, 2.05) is 0 Å². The SMILES string of the molecule is COC(OC)C(=O)c1occc1Br. The predicted molar refractivity (Wildman–Crippen MR) is 48.5 cm³/mol. The molecule has 1 aromatic heterocycles. The van der Waals surface area contributed by atoms with Crippen LogP contribution in [0.25, 0.3) is 0 Å². The number of ether oxygens (including phenoxy) is 2. The van der Waals surface area contributed by atoms with Crippen molar-refractivity contribution in [2.24, 2.45) is 0 Å². The Morgan fingerprint density at radius 3 is 2.54 bits per heavy atom. The Bertz CT molecular complexity index is 290. The molecule has 0 atom stereocenters. The lowest BCUT2D eigenvalue weighted by molar-refractivity contribution is -0.0754. The quantitative estimate of drug-likeness (QED) is 0.603. The summed E-state index contributed by atoms with van der Waals surface area (Å²) in [5.41, 5.74) is 0. The first-order valence-electron chi connectivity index (χ1n) is 3.53. The van der Waals surface area contributed by atoms with Crippen LogP contribution in [0.2, 0.25) is 0 Å². The molecule has 0 spiro atoms. The summed E-state index contributed by atoms with van der Waals surface area (Å²) < 4.78 is 15.1. The number of rotatable bonds is 4. The smallest absolute Gasteiger partial charge is 0.254 e. The number of ketones is 1. The lowest BCUT2D eigenvalue weighted by atomic mass is 10.3. The first-order chi connectivity index (χ1) is 6.20. The molecule has 1 heterocycles. The topological polar surface area (TPSA) is 48.7 Å². The summed E-state index contributed by atoms with van der Waals surface area (Å²) in [4.78, 5) is 11.5. The van der Waals surface area contributed by atoms with Crippen LogP contribution in [-0.2, 0) is 9.47 Å². The molecule has 0 N–H and O–H groups in total. The monoisotopic (exact) mass is 248 g/mol. The highest BCUT2D eigenvalue weighted by molar-refractivity contribution is 9.10. The van der Waals surface area contributed by atoms with E-state index in [0.29, 0.717) is 4.47 Å². The maximum Gasteiger partial charge on any atom is 0.254 e. The Morgan fingerprint density at radius 2 is 2.15 bits per heavy atom. The highest BCUT2D eigenvalue weighted by Gasteiger charge is 2.23. The number of furan rings is 1. The molecule has 0 amide bonds. The molecule has 0 aliphatic rings. The van der Waals surface area contributed by atoms with Gasteiger partial charge in [0.25, 0.3) is 5.78 Å². The van der Waals surface area contributed by atoms with E-state index < -0.39 is 6.29 Å². The number of halogens is 1.